The highest BCUT2D eigenvalue weighted by Crippen LogP contribution is 2.43. The van der Waals surface area contributed by atoms with Crippen molar-refractivity contribution in [3.05, 3.63) is 42.5 Å². The maximum absolute atomic E-state index is 13.5. The lowest BCUT2D eigenvalue weighted by atomic mass is 10.0. The van der Waals surface area contributed by atoms with Crippen LogP contribution in [0.5, 0.6) is 5.75 Å². The van der Waals surface area contributed by atoms with Gasteiger partial charge in [0.15, 0.2) is 15.9 Å². The van der Waals surface area contributed by atoms with Gasteiger partial charge in [-0.2, -0.15) is 0 Å². The molecule has 0 amide bonds. The van der Waals surface area contributed by atoms with Crippen molar-refractivity contribution in [3.8, 4) is 5.75 Å². The topological polar surface area (TPSA) is 93.1 Å². The Kier molecular flexibility index (Phi) is 8.67. The lowest BCUT2D eigenvalue weighted by molar-refractivity contribution is -0.151. The summed E-state index contributed by atoms with van der Waals surface area (Å²) in [5, 5.41) is 9.90. The third kappa shape index (κ3) is 6.02. The molecule has 0 saturated heterocycles. The highest BCUT2D eigenvalue weighted by molar-refractivity contribution is 7.98. The van der Waals surface area contributed by atoms with E-state index in [0.29, 0.717) is 22.9 Å². The number of thioether (sulfide) groups is 1. The smallest absolute Gasteiger partial charge is 0.338 e. The molecule has 180 valence electrons. The molecule has 2 aromatic carbocycles. The minimum absolute atomic E-state index is 0.00852. The molecule has 1 aliphatic heterocycles. The summed E-state index contributed by atoms with van der Waals surface area (Å²) in [6, 6.07) is 13.1. The van der Waals surface area contributed by atoms with Crippen LogP contribution in [0.15, 0.2) is 52.3 Å². The summed E-state index contributed by atoms with van der Waals surface area (Å²) in [5.41, 5.74) is 1.55. The Morgan fingerprint density at radius 3 is 2.64 bits per heavy atom. The number of fused-ring (bicyclic) bond motifs is 1. The number of carbonyl (C=O) groups is 1. The fraction of sp³-hybridized carbons (Fsp3) is 0.458. The van der Waals surface area contributed by atoms with Gasteiger partial charge in [0.05, 0.1) is 28.3 Å². The van der Waals surface area contributed by atoms with Crippen molar-refractivity contribution < 1.29 is 27.8 Å². The summed E-state index contributed by atoms with van der Waals surface area (Å²) in [6.45, 7) is 2.37. The molecule has 2 unspecified atom stereocenters. The van der Waals surface area contributed by atoms with E-state index in [-0.39, 0.29) is 23.2 Å². The van der Waals surface area contributed by atoms with E-state index in [4.69, 9.17) is 4.74 Å². The van der Waals surface area contributed by atoms with Crippen molar-refractivity contribution in [2.24, 2.45) is 5.92 Å². The maximum Gasteiger partial charge on any atom is 0.338 e. The highest BCUT2D eigenvalue weighted by Gasteiger charge is 2.33. The molecule has 0 radical (unpaired) electrons. The molecule has 0 aromatic heterocycles. The molecule has 9 heteroatoms. The SMILES string of the molecule is CCCCC1CN(c2ccccc2)c2cc(SC)c(OCC(O)C(=O)OC)cc2S(=O)(=O)C1. The van der Waals surface area contributed by atoms with Gasteiger partial charge in [0, 0.05) is 18.3 Å². The zero-order valence-corrected chi connectivity index (χ0v) is 20.8. The zero-order valence-electron chi connectivity index (χ0n) is 19.2. The number of sulfone groups is 1. The predicted octanol–water partition coefficient (Wildman–Crippen LogP) is 4.05. The van der Waals surface area contributed by atoms with Gasteiger partial charge in [-0.3, -0.25) is 0 Å². The molecule has 7 nitrogen and oxygen atoms in total. The van der Waals surface area contributed by atoms with Gasteiger partial charge < -0.3 is 19.5 Å². The van der Waals surface area contributed by atoms with E-state index in [0.717, 1.165) is 24.9 Å². The quantitative estimate of drug-likeness (QED) is 0.413. The van der Waals surface area contributed by atoms with Crippen LogP contribution in [0.25, 0.3) is 0 Å². The van der Waals surface area contributed by atoms with E-state index < -0.39 is 21.9 Å². The number of aliphatic hydroxyl groups is 1. The summed E-state index contributed by atoms with van der Waals surface area (Å²) in [7, 11) is -2.41. The first kappa shape index (κ1) is 25.4. The third-order valence-corrected chi connectivity index (χ3v) is 8.34. The Bertz CT molecular complexity index is 1060. The van der Waals surface area contributed by atoms with Crippen LogP contribution in [0.4, 0.5) is 11.4 Å². The van der Waals surface area contributed by atoms with Gasteiger partial charge in [0.25, 0.3) is 0 Å². The molecule has 0 spiro atoms. The van der Waals surface area contributed by atoms with E-state index in [9.17, 15) is 18.3 Å². The fourth-order valence-corrected chi connectivity index (χ4v) is 6.36. The maximum atomic E-state index is 13.5. The number of unbranched alkanes of at least 4 members (excludes halogenated alkanes) is 1. The molecule has 33 heavy (non-hydrogen) atoms. The number of hydrogen-bond donors (Lipinski definition) is 1. The molecule has 2 aromatic rings. The standard InChI is InChI=1S/C24H31NO6S2/c1-4-5-9-17-14-25(18-10-7-6-8-11-18)19-12-22(32-3)21(13-23(19)33(28,29)16-17)31-15-20(26)24(27)30-2/h6-8,10-13,17,20,26H,4-5,9,14-16H2,1-3H3. The van der Waals surface area contributed by atoms with Crippen molar-refractivity contribution in [3.63, 3.8) is 0 Å². The van der Waals surface area contributed by atoms with Crippen LogP contribution in [0, 0.1) is 5.92 Å². The second kappa shape index (κ2) is 11.3. The van der Waals surface area contributed by atoms with Crippen LogP contribution in [0.1, 0.15) is 26.2 Å². The lowest BCUT2D eigenvalue weighted by Gasteiger charge is -2.28. The van der Waals surface area contributed by atoms with Gasteiger partial charge in [-0.25, -0.2) is 13.2 Å². The Morgan fingerprint density at radius 1 is 1.27 bits per heavy atom. The third-order valence-electron chi connectivity index (χ3n) is 5.67. The first-order chi connectivity index (χ1) is 15.8. The number of carbonyl (C=O) groups excluding carboxylic acids is 1. The minimum Gasteiger partial charge on any atom is -0.489 e. The van der Waals surface area contributed by atoms with Crippen molar-refractivity contribution >= 4 is 38.9 Å². The summed E-state index contributed by atoms with van der Waals surface area (Å²) >= 11 is 1.41. The number of benzene rings is 2. The van der Waals surface area contributed by atoms with Crippen molar-refractivity contribution in [1.82, 2.24) is 0 Å². The zero-order chi connectivity index (χ0) is 24.0. The molecule has 2 atom stereocenters. The van der Waals surface area contributed by atoms with Crippen LogP contribution >= 0.6 is 11.8 Å². The van der Waals surface area contributed by atoms with Gasteiger partial charge in [0.1, 0.15) is 12.4 Å². The number of methoxy groups -OCH3 is 1. The Hall–Kier alpha value is -2.23. The lowest BCUT2D eigenvalue weighted by Crippen LogP contribution is -2.28. The normalized spacial score (nSPS) is 18.2. The van der Waals surface area contributed by atoms with Crippen LogP contribution < -0.4 is 9.64 Å². The second-order valence-corrected chi connectivity index (χ2v) is 10.9. The van der Waals surface area contributed by atoms with Gasteiger partial charge in [-0.1, -0.05) is 38.0 Å². The first-order valence-electron chi connectivity index (χ1n) is 11.0. The largest absolute Gasteiger partial charge is 0.489 e. The number of esters is 1. The molecule has 0 fully saturated rings. The Balaban J connectivity index is 2.08. The van der Waals surface area contributed by atoms with E-state index in [1.807, 2.05) is 42.7 Å². The Labute approximate surface area is 200 Å². The molecular formula is C24H31NO6S2. The summed E-state index contributed by atoms with van der Waals surface area (Å²) in [4.78, 5) is 14.5. The number of para-hydroxylation sites is 1. The summed E-state index contributed by atoms with van der Waals surface area (Å²) in [5.74, 6) is -0.442. The second-order valence-electron chi connectivity index (χ2n) is 8.06. The number of anilines is 2. The van der Waals surface area contributed by atoms with Crippen LogP contribution in [-0.4, -0.2) is 57.9 Å². The van der Waals surface area contributed by atoms with Crippen LogP contribution in [-0.2, 0) is 19.4 Å². The average molecular weight is 494 g/mol. The first-order valence-corrected chi connectivity index (χ1v) is 13.8. The van der Waals surface area contributed by atoms with Crippen molar-refractivity contribution in [2.45, 2.75) is 42.1 Å². The number of nitrogens with zero attached hydrogens (tertiary/aromatic N) is 1. The van der Waals surface area contributed by atoms with E-state index >= 15 is 0 Å². The molecule has 1 N–H and O–H groups in total. The van der Waals surface area contributed by atoms with Gasteiger partial charge in [-0.05, 0) is 36.8 Å². The molecule has 0 bridgehead atoms. The van der Waals surface area contributed by atoms with Gasteiger partial charge >= 0.3 is 5.97 Å². The molecule has 1 aliphatic rings. The fourth-order valence-electron chi connectivity index (χ4n) is 3.96. The van der Waals surface area contributed by atoms with E-state index in [1.165, 1.54) is 24.9 Å². The summed E-state index contributed by atoms with van der Waals surface area (Å²) in [6.07, 6.45) is 3.21. The van der Waals surface area contributed by atoms with Gasteiger partial charge in [-0.15, -0.1) is 11.8 Å². The number of ether oxygens (including phenoxy) is 2. The van der Waals surface area contributed by atoms with Crippen molar-refractivity contribution in [1.29, 1.82) is 0 Å². The highest BCUT2D eigenvalue weighted by atomic mass is 32.2. The number of aliphatic hydroxyl groups excluding tert-OH is 1. The van der Waals surface area contributed by atoms with Crippen LogP contribution in [0.3, 0.4) is 0 Å². The van der Waals surface area contributed by atoms with Gasteiger partial charge in [0.2, 0.25) is 0 Å². The van der Waals surface area contributed by atoms with E-state index in [2.05, 4.69) is 16.6 Å². The summed E-state index contributed by atoms with van der Waals surface area (Å²) < 4.78 is 37.2. The Morgan fingerprint density at radius 2 is 2.00 bits per heavy atom. The molecule has 0 saturated carbocycles. The molecular weight excluding hydrogens is 462 g/mol. The van der Waals surface area contributed by atoms with E-state index in [1.54, 1.807) is 0 Å². The number of hydrogen-bond acceptors (Lipinski definition) is 8. The minimum atomic E-state index is -3.59. The van der Waals surface area contributed by atoms with Crippen LogP contribution in [0.2, 0.25) is 0 Å². The predicted molar refractivity (Wildman–Crippen MR) is 130 cm³/mol. The average Bonchev–Trinajstić information content (AvgIpc) is 2.93. The number of rotatable bonds is 9. The molecule has 1 heterocycles. The van der Waals surface area contributed by atoms with Crippen molar-refractivity contribution in [2.75, 3.05) is 37.2 Å². The molecule has 3 rings (SSSR count). The monoisotopic (exact) mass is 493 g/mol. The molecule has 0 aliphatic carbocycles.